The average Bonchev–Trinajstić information content (AvgIpc) is 2.35. The van der Waals surface area contributed by atoms with Gasteiger partial charge in [0.25, 0.3) is 0 Å². The van der Waals surface area contributed by atoms with Crippen molar-refractivity contribution in [1.82, 2.24) is 5.32 Å². The van der Waals surface area contributed by atoms with Crippen LogP contribution in [0.25, 0.3) is 0 Å². The van der Waals surface area contributed by atoms with Gasteiger partial charge in [0.15, 0.2) is 0 Å². The second-order valence-electron chi connectivity index (χ2n) is 5.59. The van der Waals surface area contributed by atoms with E-state index in [1.54, 1.807) is 0 Å². The van der Waals surface area contributed by atoms with Crippen molar-refractivity contribution in [2.45, 2.75) is 90.4 Å². The first kappa shape index (κ1) is 18.3. The Balaban J connectivity index is 3.58. The normalized spacial score (nSPS) is 13.2. The molecule has 0 aliphatic rings. The van der Waals surface area contributed by atoms with Gasteiger partial charge in [0.2, 0.25) is 0 Å². The lowest BCUT2D eigenvalue weighted by atomic mass is 10.1. The lowest BCUT2D eigenvalue weighted by Gasteiger charge is -2.19. The second-order valence-corrected chi connectivity index (χ2v) is 7.20. The number of nitrogens with one attached hydrogen (secondary N) is 1. The molecular formula is C16H35NS. The summed E-state index contributed by atoms with van der Waals surface area (Å²) in [4.78, 5) is 0. The van der Waals surface area contributed by atoms with Crippen LogP contribution in [-0.4, -0.2) is 23.6 Å². The molecule has 1 N–H and O–H groups in total. The molecular weight excluding hydrogens is 238 g/mol. The van der Waals surface area contributed by atoms with E-state index in [1.165, 1.54) is 63.7 Å². The summed E-state index contributed by atoms with van der Waals surface area (Å²) in [6.45, 7) is 10.3. The first-order chi connectivity index (χ1) is 8.70. The van der Waals surface area contributed by atoms with Crippen LogP contribution in [0.3, 0.4) is 0 Å². The third-order valence-electron chi connectivity index (χ3n) is 3.22. The Hall–Kier alpha value is 0.310. The third kappa shape index (κ3) is 12.8. The number of unbranched alkanes of at least 4 members (excludes halogenated alkanes) is 5. The minimum Gasteiger partial charge on any atom is -0.313 e. The molecule has 0 aromatic heterocycles. The smallest absolute Gasteiger partial charge is 0.0158 e. The van der Waals surface area contributed by atoms with Gasteiger partial charge < -0.3 is 5.32 Å². The van der Waals surface area contributed by atoms with Gasteiger partial charge in [-0.3, -0.25) is 0 Å². The van der Waals surface area contributed by atoms with Gasteiger partial charge in [-0.25, -0.2) is 0 Å². The summed E-state index contributed by atoms with van der Waals surface area (Å²) in [5, 5.41) is 4.47. The maximum absolute atomic E-state index is 3.71. The summed E-state index contributed by atoms with van der Waals surface area (Å²) in [5.74, 6) is 1.28. The first-order valence-electron chi connectivity index (χ1n) is 8.05. The predicted octanol–water partition coefficient (Wildman–Crippen LogP) is 5.25. The highest BCUT2D eigenvalue weighted by Crippen LogP contribution is 2.15. The zero-order valence-corrected chi connectivity index (χ0v) is 14.0. The van der Waals surface area contributed by atoms with E-state index in [9.17, 15) is 0 Å². The Labute approximate surface area is 120 Å². The van der Waals surface area contributed by atoms with Crippen LogP contribution in [-0.2, 0) is 0 Å². The average molecular weight is 274 g/mol. The van der Waals surface area contributed by atoms with Crippen LogP contribution in [0.1, 0.15) is 79.1 Å². The molecule has 1 atom stereocenters. The molecule has 0 fully saturated rings. The van der Waals surface area contributed by atoms with Gasteiger partial charge in [-0.05, 0) is 24.6 Å². The third-order valence-corrected chi connectivity index (χ3v) is 4.48. The molecule has 0 aliphatic heterocycles. The highest BCUT2D eigenvalue weighted by molar-refractivity contribution is 7.99. The Kier molecular flexibility index (Phi) is 14.0. The summed E-state index contributed by atoms with van der Waals surface area (Å²) in [5.41, 5.74) is 0. The van der Waals surface area contributed by atoms with E-state index in [1.807, 2.05) is 0 Å². The minimum atomic E-state index is 0.739. The van der Waals surface area contributed by atoms with Crippen molar-refractivity contribution in [3.05, 3.63) is 0 Å². The van der Waals surface area contributed by atoms with Crippen molar-refractivity contribution >= 4 is 11.8 Å². The Morgan fingerprint density at radius 3 is 2.17 bits per heavy atom. The fraction of sp³-hybridized carbons (Fsp3) is 1.00. The van der Waals surface area contributed by atoms with E-state index in [0.29, 0.717) is 0 Å². The lowest BCUT2D eigenvalue weighted by molar-refractivity contribution is 0.483. The van der Waals surface area contributed by atoms with Crippen LogP contribution in [0.2, 0.25) is 0 Å². The quantitative estimate of drug-likeness (QED) is 0.460. The summed E-state index contributed by atoms with van der Waals surface area (Å²) in [6.07, 6.45) is 11.1. The molecule has 0 aliphatic carbocycles. The van der Waals surface area contributed by atoms with Crippen molar-refractivity contribution < 1.29 is 0 Å². The van der Waals surface area contributed by atoms with Gasteiger partial charge in [-0.1, -0.05) is 66.2 Å². The van der Waals surface area contributed by atoms with Crippen LogP contribution < -0.4 is 5.32 Å². The van der Waals surface area contributed by atoms with Crippen LogP contribution in [0, 0.1) is 0 Å². The van der Waals surface area contributed by atoms with Crippen LogP contribution in [0.5, 0.6) is 0 Å². The molecule has 2 heteroatoms. The van der Waals surface area contributed by atoms with E-state index in [4.69, 9.17) is 0 Å². The topological polar surface area (TPSA) is 12.0 Å². The van der Waals surface area contributed by atoms with E-state index in [-0.39, 0.29) is 0 Å². The fourth-order valence-electron chi connectivity index (χ4n) is 2.07. The molecule has 0 bridgehead atoms. The van der Waals surface area contributed by atoms with Crippen LogP contribution in [0.15, 0.2) is 0 Å². The van der Waals surface area contributed by atoms with E-state index < -0.39 is 0 Å². The van der Waals surface area contributed by atoms with Crippen molar-refractivity contribution in [1.29, 1.82) is 0 Å². The Morgan fingerprint density at radius 1 is 0.889 bits per heavy atom. The SMILES string of the molecule is CCCCCCCCC(CSC(C)C)NCCC. The number of hydrogen-bond acceptors (Lipinski definition) is 2. The maximum atomic E-state index is 3.71. The molecule has 0 spiro atoms. The first-order valence-corrected chi connectivity index (χ1v) is 9.10. The van der Waals surface area contributed by atoms with E-state index in [2.05, 4.69) is 44.8 Å². The standard InChI is InChI=1S/C16H35NS/c1-5-7-8-9-10-11-12-16(17-13-6-2)14-18-15(3)4/h15-17H,5-14H2,1-4H3. The zero-order valence-electron chi connectivity index (χ0n) is 13.1. The van der Waals surface area contributed by atoms with Crippen molar-refractivity contribution in [2.75, 3.05) is 12.3 Å². The molecule has 1 nitrogen and oxygen atoms in total. The van der Waals surface area contributed by atoms with Gasteiger partial charge in [-0.15, -0.1) is 0 Å². The van der Waals surface area contributed by atoms with Crippen LogP contribution >= 0.6 is 11.8 Å². The molecule has 0 saturated carbocycles. The highest BCUT2D eigenvalue weighted by atomic mass is 32.2. The van der Waals surface area contributed by atoms with E-state index in [0.717, 1.165) is 11.3 Å². The molecule has 0 amide bonds. The molecule has 0 heterocycles. The molecule has 0 aromatic carbocycles. The summed E-state index contributed by atoms with van der Waals surface area (Å²) in [6, 6.07) is 0.739. The van der Waals surface area contributed by atoms with Crippen molar-refractivity contribution in [2.24, 2.45) is 0 Å². The van der Waals surface area contributed by atoms with Gasteiger partial charge in [0.1, 0.15) is 0 Å². The molecule has 0 saturated heterocycles. The Morgan fingerprint density at radius 2 is 1.56 bits per heavy atom. The largest absolute Gasteiger partial charge is 0.313 e. The molecule has 0 radical (unpaired) electrons. The zero-order chi connectivity index (χ0) is 13.6. The van der Waals surface area contributed by atoms with Crippen LogP contribution in [0.4, 0.5) is 0 Å². The highest BCUT2D eigenvalue weighted by Gasteiger charge is 2.08. The second kappa shape index (κ2) is 13.7. The summed E-state index contributed by atoms with van der Waals surface area (Å²) in [7, 11) is 0. The number of rotatable bonds is 13. The molecule has 18 heavy (non-hydrogen) atoms. The monoisotopic (exact) mass is 273 g/mol. The molecule has 0 rings (SSSR count). The minimum absolute atomic E-state index is 0.739. The van der Waals surface area contributed by atoms with Gasteiger partial charge in [0, 0.05) is 11.8 Å². The van der Waals surface area contributed by atoms with E-state index >= 15 is 0 Å². The predicted molar refractivity (Wildman–Crippen MR) is 87.7 cm³/mol. The van der Waals surface area contributed by atoms with Gasteiger partial charge in [-0.2, -0.15) is 11.8 Å². The van der Waals surface area contributed by atoms with Crippen molar-refractivity contribution in [3.63, 3.8) is 0 Å². The molecule has 0 aromatic rings. The Bertz CT molecular complexity index is 159. The number of thioether (sulfide) groups is 1. The summed E-state index contributed by atoms with van der Waals surface area (Å²) >= 11 is 2.10. The van der Waals surface area contributed by atoms with Gasteiger partial charge >= 0.3 is 0 Å². The summed E-state index contributed by atoms with van der Waals surface area (Å²) < 4.78 is 0. The lowest BCUT2D eigenvalue weighted by Crippen LogP contribution is -2.32. The molecule has 1 unspecified atom stereocenters. The maximum Gasteiger partial charge on any atom is 0.0158 e. The fourth-order valence-corrected chi connectivity index (χ4v) is 2.97. The number of hydrogen-bond donors (Lipinski definition) is 1. The van der Waals surface area contributed by atoms with Gasteiger partial charge in [0.05, 0.1) is 0 Å². The van der Waals surface area contributed by atoms with Crippen molar-refractivity contribution in [3.8, 4) is 0 Å². The molecule has 110 valence electrons.